The van der Waals surface area contributed by atoms with Gasteiger partial charge in [0.15, 0.2) is 0 Å². The Kier molecular flexibility index (Phi) is 6.17. The van der Waals surface area contributed by atoms with Gasteiger partial charge in [0.25, 0.3) is 0 Å². The Bertz CT molecular complexity index is 2510. The predicted octanol–water partition coefficient (Wildman–Crippen LogP) is 11.8. The lowest BCUT2D eigenvalue weighted by Gasteiger charge is -2.13. The Morgan fingerprint density at radius 1 is 0.283 bits per heavy atom. The van der Waals surface area contributed by atoms with Gasteiger partial charge < -0.3 is 0 Å². The summed E-state index contributed by atoms with van der Waals surface area (Å²) in [7, 11) is 0. The number of nitrogens with zero attached hydrogens (tertiary/aromatic N) is 2. The number of pyridine rings is 2. The van der Waals surface area contributed by atoms with Crippen LogP contribution in [0.2, 0.25) is 0 Å². The number of hydrogen-bond acceptors (Lipinski definition) is 2. The van der Waals surface area contributed by atoms with Crippen molar-refractivity contribution < 1.29 is 0 Å². The molecule has 0 amide bonds. The lowest BCUT2D eigenvalue weighted by molar-refractivity contribution is 1.36. The van der Waals surface area contributed by atoms with E-state index in [1.165, 1.54) is 38.2 Å². The van der Waals surface area contributed by atoms with Gasteiger partial charge in [0, 0.05) is 21.9 Å². The number of benzene rings is 7. The van der Waals surface area contributed by atoms with Crippen LogP contribution in [0, 0.1) is 0 Å². The normalized spacial score (nSPS) is 11.5. The molecule has 0 aliphatic rings. The first-order valence-electron chi connectivity index (χ1n) is 15.7. The van der Waals surface area contributed by atoms with Crippen molar-refractivity contribution in [2.45, 2.75) is 0 Å². The topological polar surface area (TPSA) is 25.8 Å². The summed E-state index contributed by atoms with van der Waals surface area (Å²) in [6.45, 7) is 0. The Labute approximate surface area is 267 Å². The van der Waals surface area contributed by atoms with Crippen molar-refractivity contribution in [2.24, 2.45) is 0 Å². The molecule has 46 heavy (non-hydrogen) atoms. The van der Waals surface area contributed by atoms with Crippen LogP contribution in [0.1, 0.15) is 0 Å². The second kappa shape index (κ2) is 10.8. The molecular formula is C44H28N2. The van der Waals surface area contributed by atoms with E-state index in [-0.39, 0.29) is 0 Å². The third-order valence-corrected chi connectivity index (χ3v) is 9.03. The van der Waals surface area contributed by atoms with E-state index in [0.29, 0.717) is 0 Å². The summed E-state index contributed by atoms with van der Waals surface area (Å²) < 4.78 is 0. The third-order valence-electron chi connectivity index (χ3n) is 9.03. The number of aromatic nitrogens is 2. The summed E-state index contributed by atoms with van der Waals surface area (Å²) >= 11 is 0. The molecular weight excluding hydrogens is 556 g/mol. The fourth-order valence-electron chi connectivity index (χ4n) is 6.71. The standard InChI is InChI=1S/C44H28N2/c1-2-9-30(10-3-1)40-25-23-32-21-22-33-24-26-41(46-44(33)43(32)45-40)37-14-8-13-34(27-37)29-17-19-31(20-18-29)42-38-15-6-4-11-35(38)28-36-12-5-7-16-39(36)42/h1-28H. The fraction of sp³-hybridized carbons (Fsp3) is 0. The van der Waals surface area contributed by atoms with Gasteiger partial charge in [-0.25, -0.2) is 9.97 Å². The molecule has 0 saturated carbocycles. The molecule has 0 N–H and O–H groups in total. The van der Waals surface area contributed by atoms with Crippen LogP contribution in [-0.4, -0.2) is 9.97 Å². The second-order valence-corrected chi connectivity index (χ2v) is 11.8. The van der Waals surface area contributed by atoms with Crippen molar-refractivity contribution in [1.29, 1.82) is 0 Å². The molecule has 0 aliphatic heterocycles. The largest absolute Gasteiger partial charge is 0.245 e. The van der Waals surface area contributed by atoms with Crippen LogP contribution < -0.4 is 0 Å². The summed E-state index contributed by atoms with van der Waals surface area (Å²) in [6, 6.07) is 60.4. The highest BCUT2D eigenvalue weighted by Gasteiger charge is 2.12. The highest BCUT2D eigenvalue weighted by Crippen LogP contribution is 2.37. The molecule has 2 heteroatoms. The van der Waals surface area contributed by atoms with Crippen LogP contribution in [0.4, 0.5) is 0 Å². The highest BCUT2D eigenvalue weighted by atomic mass is 14.8. The van der Waals surface area contributed by atoms with Gasteiger partial charge in [-0.2, -0.15) is 0 Å². The maximum atomic E-state index is 5.19. The van der Waals surface area contributed by atoms with Crippen LogP contribution in [-0.2, 0) is 0 Å². The van der Waals surface area contributed by atoms with E-state index in [1.807, 2.05) is 18.2 Å². The predicted molar refractivity (Wildman–Crippen MR) is 194 cm³/mol. The van der Waals surface area contributed by atoms with Gasteiger partial charge in [-0.05, 0) is 68.1 Å². The van der Waals surface area contributed by atoms with E-state index in [9.17, 15) is 0 Å². The summed E-state index contributed by atoms with van der Waals surface area (Å²) in [4.78, 5) is 10.3. The molecule has 0 spiro atoms. The van der Waals surface area contributed by atoms with Crippen molar-refractivity contribution in [2.75, 3.05) is 0 Å². The van der Waals surface area contributed by atoms with Crippen molar-refractivity contribution in [3.8, 4) is 44.8 Å². The van der Waals surface area contributed by atoms with Crippen molar-refractivity contribution in [3.63, 3.8) is 0 Å². The maximum Gasteiger partial charge on any atom is 0.0972 e. The van der Waals surface area contributed by atoms with Crippen LogP contribution in [0.5, 0.6) is 0 Å². The number of rotatable bonds is 4. The average molecular weight is 585 g/mol. The highest BCUT2D eigenvalue weighted by molar-refractivity contribution is 6.12. The minimum absolute atomic E-state index is 0.921. The zero-order valence-corrected chi connectivity index (χ0v) is 25.1. The van der Waals surface area contributed by atoms with Crippen LogP contribution >= 0.6 is 0 Å². The molecule has 0 saturated heterocycles. The minimum Gasteiger partial charge on any atom is -0.245 e. The van der Waals surface area contributed by atoms with Gasteiger partial charge in [-0.3, -0.25) is 0 Å². The van der Waals surface area contributed by atoms with Crippen molar-refractivity contribution in [3.05, 3.63) is 170 Å². The van der Waals surface area contributed by atoms with Gasteiger partial charge in [0.2, 0.25) is 0 Å². The Morgan fingerprint density at radius 3 is 1.43 bits per heavy atom. The molecule has 0 fully saturated rings. The first kappa shape index (κ1) is 26.3. The van der Waals surface area contributed by atoms with Gasteiger partial charge in [-0.1, -0.05) is 146 Å². The van der Waals surface area contributed by atoms with Crippen LogP contribution in [0.15, 0.2) is 170 Å². The quantitative estimate of drug-likeness (QED) is 0.152. The van der Waals surface area contributed by atoms with Gasteiger partial charge >= 0.3 is 0 Å². The molecule has 7 aromatic carbocycles. The summed E-state index contributed by atoms with van der Waals surface area (Å²) in [5.74, 6) is 0. The average Bonchev–Trinajstić information content (AvgIpc) is 3.14. The number of hydrogen-bond donors (Lipinski definition) is 0. The zero-order chi connectivity index (χ0) is 30.5. The fourth-order valence-corrected chi connectivity index (χ4v) is 6.71. The van der Waals surface area contributed by atoms with Crippen molar-refractivity contribution in [1.82, 2.24) is 9.97 Å². The van der Waals surface area contributed by atoms with E-state index >= 15 is 0 Å². The van der Waals surface area contributed by atoms with Gasteiger partial charge in [0.05, 0.1) is 22.4 Å². The second-order valence-electron chi connectivity index (χ2n) is 11.8. The molecule has 2 heterocycles. The molecule has 0 atom stereocenters. The summed E-state index contributed by atoms with van der Waals surface area (Å²) in [5.41, 5.74) is 10.8. The molecule has 0 radical (unpaired) electrons. The van der Waals surface area contributed by atoms with Crippen LogP contribution in [0.25, 0.3) is 88.1 Å². The number of fused-ring (bicyclic) bond motifs is 5. The molecule has 0 aliphatic carbocycles. The SMILES string of the molecule is c1ccc(-c2ccc3ccc4ccc(-c5cccc(-c6ccc(-c7c8ccccc8cc8ccccc78)cc6)c5)nc4c3n2)cc1. The maximum absolute atomic E-state index is 5.19. The van der Waals surface area contributed by atoms with E-state index < -0.39 is 0 Å². The van der Waals surface area contributed by atoms with E-state index in [1.54, 1.807) is 0 Å². The molecule has 0 bridgehead atoms. The smallest absolute Gasteiger partial charge is 0.0972 e. The molecule has 2 nitrogen and oxygen atoms in total. The first-order valence-corrected chi connectivity index (χ1v) is 15.7. The zero-order valence-electron chi connectivity index (χ0n) is 25.1. The Morgan fingerprint density at radius 2 is 0.783 bits per heavy atom. The van der Waals surface area contributed by atoms with E-state index in [0.717, 1.165) is 49.9 Å². The first-order chi connectivity index (χ1) is 22.8. The Balaban J connectivity index is 1.11. The molecule has 0 unspecified atom stereocenters. The lowest BCUT2D eigenvalue weighted by Crippen LogP contribution is -1.91. The minimum atomic E-state index is 0.921. The van der Waals surface area contributed by atoms with Crippen LogP contribution in [0.3, 0.4) is 0 Å². The Hall–Kier alpha value is -6.12. The molecule has 2 aromatic heterocycles. The van der Waals surface area contributed by atoms with Gasteiger partial charge in [0.1, 0.15) is 0 Å². The third kappa shape index (κ3) is 4.51. The van der Waals surface area contributed by atoms with Gasteiger partial charge in [-0.15, -0.1) is 0 Å². The van der Waals surface area contributed by atoms with Crippen molar-refractivity contribution >= 4 is 43.4 Å². The summed E-state index contributed by atoms with van der Waals surface area (Å²) in [6.07, 6.45) is 0. The lowest BCUT2D eigenvalue weighted by atomic mass is 9.91. The molecule has 9 rings (SSSR count). The molecule has 9 aromatic rings. The van der Waals surface area contributed by atoms with E-state index in [4.69, 9.17) is 9.97 Å². The monoisotopic (exact) mass is 584 g/mol. The molecule has 214 valence electrons. The summed E-state index contributed by atoms with van der Waals surface area (Å²) in [5, 5.41) is 7.24. The van der Waals surface area contributed by atoms with E-state index in [2.05, 4.69) is 152 Å².